The lowest BCUT2D eigenvalue weighted by molar-refractivity contribution is -0.164. The van der Waals surface area contributed by atoms with Gasteiger partial charge in [0.1, 0.15) is 13.2 Å². The number of rotatable bonds is 8. The van der Waals surface area contributed by atoms with Gasteiger partial charge in [0.05, 0.1) is 0 Å². The predicted octanol–water partition coefficient (Wildman–Crippen LogP) is 2.60. The molecule has 7 nitrogen and oxygen atoms in total. The lowest BCUT2D eigenvalue weighted by atomic mass is 9.86. The molecule has 1 heterocycles. The number of ether oxygens (including phenoxy) is 3. The fourth-order valence-electron chi connectivity index (χ4n) is 3.64. The average Bonchev–Trinajstić information content (AvgIpc) is 2.87. The van der Waals surface area contributed by atoms with Gasteiger partial charge in [-0.1, -0.05) is 66.7 Å². The molecule has 0 unspecified atom stereocenters. The van der Waals surface area contributed by atoms with Gasteiger partial charge >= 0.3 is 5.97 Å². The number of carbonyl (C=O) groups excluding carboxylic acids is 2. The molecule has 4 rings (SSSR count). The average molecular weight is 447 g/mol. The molecule has 33 heavy (non-hydrogen) atoms. The Morgan fingerprint density at radius 2 is 1.48 bits per heavy atom. The van der Waals surface area contributed by atoms with Crippen LogP contribution in [0.15, 0.2) is 78.9 Å². The van der Waals surface area contributed by atoms with Gasteiger partial charge in [-0.2, -0.15) is 0 Å². The van der Waals surface area contributed by atoms with Gasteiger partial charge in [-0.15, -0.1) is 0 Å². The molecule has 1 amide bonds. The van der Waals surface area contributed by atoms with Gasteiger partial charge < -0.3 is 24.6 Å². The molecular weight excluding hydrogens is 422 g/mol. The van der Waals surface area contributed by atoms with Crippen LogP contribution >= 0.6 is 0 Å². The third-order valence-electron chi connectivity index (χ3n) is 5.36. The Morgan fingerprint density at radius 3 is 2.12 bits per heavy atom. The van der Waals surface area contributed by atoms with Crippen molar-refractivity contribution in [1.82, 2.24) is 5.32 Å². The molecule has 0 aliphatic carbocycles. The first kappa shape index (κ1) is 22.4. The van der Waals surface area contributed by atoms with Crippen molar-refractivity contribution in [2.45, 2.75) is 12.0 Å². The molecule has 0 saturated heterocycles. The number of nitrogens with one attached hydrogen (secondary N) is 1. The van der Waals surface area contributed by atoms with Crippen LogP contribution in [0.5, 0.6) is 11.5 Å². The van der Waals surface area contributed by atoms with Gasteiger partial charge in [0.15, 0.2) is 18.1 Å². The second-order valence-corrected chi connectivity index (χ2v) is 7.60. The first-order valence-corrected chi connectivity index (χ1v) is 10.7. The summed E-state index contributed by atoms with van der Waals surface area (Å²) < 4.78 is 16.3. The summed E-state index contributed by atoms with van der Waals surface area (Å²) in [6, 6.07) is 22.7. The van der Waals surface area contributed by atoms with Crippen molar-refractivity contribution in [3.63, 3.8) is 0 Å². The van der Waals surface area contributed by atoms with Gasteiger partial charge in [0.25, 0.3) is 5.91 Å². The van der Waals surface area contributed by atoms with E-state index in [1.807, 2.05) is 18.2 Å². The summed E-state index contributed by atoms with van der Waals surface area (Å²) in [5.74, 6) is 0.0386. The van der Waals surface area contributed by atoms with Gasteiger partial charge in [0, 0.05) is 6.54 Å². The lowest BCUT2D eigenvalue weighted by Crippen LogP contribution is -2.40. The van der Waals surface area contributed by atoms with Crippen LogP contribution in [-0.2, 0) is 26.3 Å². The molecule has 1 aliphatic heterocycles. The quantitative estimate of drug-likeness (QED) is 0.516. The van der Waals surface area contributed by atoms with Crippen molar-refractivity contribution < 1.29 is 28.9 Å². The summed E-state index contributed by atoms with van der Waals surface area (Å²) >= 11 is 0. The molecule has 0 radical (unpaired) electrons. The highest BCUT2D eigenvalue weighted by Crippen LogP contribution is 2.32. The summed E-state index contributed by atoms with van der Waals surface area (Å²) in [6.07, 6.45) is 0.578. The highest BCUT2D eigenvalue weighted by atomic mass is 16.6. The molecule has 7 heteroatoms. The van der Waals surface area contributed by atoms with Crippen molar-refractivity contribution >= 4 is 11.9 Å². The Morgan fingerprint density at radius 1 is 0.879 bits per heavy atom. The fourth-order valence-corrected chi connectivity index (χ4v) is 3.64. The number of fused-ring (bicyclic) bond motifs is 1. The molecule has 0 atom stereocenters. The number of benzene rings is 3. The van der Waals surface area contributed by atoms with Crippen LogP contribution in [0.25, 0.3) is 0 Å². The van der Waals surface area contributed by atoms with E-state index in [1.165, 1.54) is 0 Å². The second kappa shape index (κ2) is 10.2. The molecule has 2 N–H and O–H groups in total. The van der Waals surface area contributed by atoms with Gasteiger partial charge in [-0.05, 0) is 35.2 Å². The van der Waals surface area contributed by atoms with Gasteiger partial charge in [-0.25, -0.2) is 4.79 Å². The van der Waals surface area contributed by atoms with Crippen molar-refractivity contribution in [2.24, 2.45) is 0 Å². The number of amides is 1. The van der Waals surface area contributed by atoms with Crippen molar-refractivity contribution in [2.75, 3.05) is 26.4 Å². The lowest BCUT2D eigenvalue weighted by Gasteiger charge is -2.27. The largest absolute Gasteiger partial charge is 0.486 e. The van der Waals surface area contributed by atoms with Crippen LogP contribution in [0.2, 0.25) is 0 Å². The zero-order valence-corrected chi connectivity index (χ0v) is 18.0. The maximum absolute atomic E-state index is 12.9. The van der Waals surface area contributed by atoms with Crippen LogP contribution in [0.4, 0.5) is 0 Å². The number of carbonyl (C=O) groups is 2. The zero-order valence-electron chi connectivity index (χ0n) is 18.0. The number of esters is 1. The summed E-state index contributed by atoms with van der Waals surface area (Å²) in [7, 11) is 0. The topological polar surface area (TPSA) is 94.1 Å². The second-order valence-electron chi connectivity index (χ2n) is 7.60. The Kier molecular flexibility index (Phi) is 6.90. The first-order chi connectivity index (χ1) is 16.1. The third kappa shape index (κ3) is 5.15. The minimum Gasteiger partial charge on any atom is -0.486 e. The van der Waals surface area contributed by atoms with E-state index in [9.17, 15) is 14.7 Å². The predicted molar refractivity (Wildman–Crippen MR) is 121 cm³/mol. The maximum Gasteiger partial charge on any atom is 0.348 e. The molecule has 0 aromatic heterocycles. The van der Waals surface area contributed by atoms with E-state index in [0.29, 0.717) is 48.8 Å². The smallest absolute Gasteiger partial charge is 0.348 e. The molecule has 1 aliphatic rings. The van der Waals surface area contributed by atoms with E-state index >= 15 is 0 Å². The van der Waals surface area contributed by atoms with Crippen LogP contribution in [0.3, 0.4) is 0 Å². The Labute approximate surface area is 191 Å². The molecule has 0 fully saturated rings. The standard InChI is InChI=1S/C26H25NO6/c28-24(27-14-13-19-11-12-22-23(17-19)32-16-15-31-22)18-33-25(29)26(30,20-7-3-1-4-8-20)21-9-5-2-6-10-21/h1-12,17,30H,13-16,18H2,(H,27,28). The van der Waals surface area contributed by atoms with E-state index in [-0.39, 0.29) is 0 Å². The highest BCUT2D eigenvalue weighted by Gasteiger charge is 2.41. The SMILES string of the molecule is O=C(COC(=O)C(O)(c1ccccc1)c1ccccc1)NCCc1ccc2c(c1)OCCO2. The van der Waals surface area contributed by atoms with E-state index in [2.05, 4.69) is 5.32 Å². The van der Waals surface area contributed by atoms with E-state index in [0.717, 1.165) is 5.56 Å². The van der Waals surface area contributed by atoms with E-state index in [4.69, 9.17) is 14.2 Å². The molecule has 0 saturated carbocycles. The molecule has 0 bridgehead atoms. The minimum atomic E-state index is -2.02. The van der Waals surface area contributed by atoms with Crippen LogP contribution in [-0.4, -0.2) is 43.3 Å². The van der Waals surface area contributed by atoms with E-state index < -0.39 is 24.1 Å². The molecule has 0 spiro atoms. The Bertz CT molecular complexity index is 1060. The van der Waals surface area contributed by atoms with Crippen molar-refractivity contribution in [3.05, 3.63) is 95.6 Å². The van der Waals surface area contributed by atoms with Crippen LogP contribution < -0.4 is 14.8 Å². The Balaban J connectivity index is 1.33. The summed E-state index contributed by atoms with van der Waals surface area (Å²) in [4.78, 5) is 25.2. The van der Waals surface area contributed by atoms with Crippen LogP contribution in [0.1, 0.15) is 16.7 Å². The number of hydrogen-bond acceptors (Lipinski definition) is 6. The highest BCUT2D eigenvalue weighted by molar-refractivity contribution is 5.88. The minimum absolute atomic E-state index is 0.359. The van der Waals surface area contributed by atoms with Gasteiger partial charge in [0.2, 0.25) is 5.60 Å². The number of aliphatic hydroxyl groups is 1. The normalized spacial score (nSPS) is 12.6. The van der Waals surface area contributed by atoms with Crippen LogP contribution in [0, 0.1) is 0 Å². The number of hydrogen-bond donors (Lipinski definition) is 2. The molecule has 170 valence electrons. The molecule has 3 aromatic carbocycles. The fraction of sp³-hybridized carbons (Fsp3) is 0.231. The first-order valence-electron chi connectivity index (χ1n) is 10.7. The maximum atomic E-state index is 12.9. The third-order valence-corrected chi connectivity index (χ3v) is 5.36. The van der Waals surface area contributed by atoms with Crippen molar-refractivity contribution in [3.8, 4) is 11.5 Å². The van der Waals surface area contributed by atoms with Gasteiger partial charge in [-0.3, -0.25) is 4.79 Å². The summed E-state index contributed by atoms with van der Waals surface area (Å²) in [5.41, 5.74) is -0.312. The Hall–Kier alpha value is -3.84. The summed E-state index contributed by atoms with van der Waals surface area (Å²) in [5, 5.41) is 14.1. The summed E-state index contributed by atoms with van der Waals surface area (Å²) in [6.45, 7) is 0.904. The van der Waals surface area contributed by atoms with Crippen molar-refractivity contribution in [1.29, 1.82) is 0 Å². The zero-order chi connectivity index (χ0) is 23.1. The monoisotopic (exact) mass is 447 g/mol. The molecule has 3 aromatic rings. The van der Waals surface area contributed by atoms with E-state index in [1.54, 1.807) is 60.7 Å². The molecular formula is C26H25NO6.